The topological polar surface area (TPSA) is 78.9 Å². The molecule has 0 unspecified atom stereocenters. The molecular formula is C54H96O6. The van der Waals surface area contributed by atoms with Gasteiger partial charge in [-0.1, -0.05) is 204 Å². The maximum Gasteiger partial charge on any atom is 0.306 e. The normalized spacial score (nSPS) is 12.4. The molecule has 348 valence electrons. The molecular weight excluding hydrogens is 745 g/mol. The van der Waals surface area contributed by atoms with Crippen LogP contribution in [0.25, 0.3) is 0 Å². The minimum Gasteiger partial charge on any atom is -0.462 e. The van der Waals surface area contributed by atoms with Gasteiger partial charge >= 0.3 is 17.9 Å². The highest BCUT2D eigenvalue weighted by Crippen LogP contribution is 2.15. The second kappa shape index (κ2) is 49.0. The number of carbonyl (C=O) groups is 3. The van der Waals surface area contributed by atoms with Gasteiger partial charge in [0.25, 0.3) is 0 Å². The quantitative estimate of drug-likeness (QED) is 0.0263. The zero-order chi connectivity index (χ0) is 43.7. The Balaban J connectivity index is 4.40. The van der Waals surface area contributed by atoms with E-state index in [1.165, 1.54) is 128 Å². The molecule has 60 heavy (non-hydrogen) atoms. The maximum atomic E-state index is 12.8. The maximum absolute atomic E-state index is 12.8. The van der Waals surface area contributed by atoms with Crippen LogP contribution in [0.5, 0.6) is 0 Å². The summed E-state index contributed by atoms with van der Waals surface area (Å²) in [7, 11) is 0. The van der Waals surface area contributed by atoms with Crippen molar-refractivity contribution in [2.24, 2.45) is 0 Å². The third kappa shape index (κ3) is 46.4. The summed E-state index contributed by atoms with van der Waals surface area (Å²) in [5.74, 6) is -0.907. The van der Waals surface area contributed by atoms with Gasteiger partial charge in [0, 0.05) is 19.3 Å². The fourth-order valence-electron chi connectivity index (χ4n) is 7.15. The number of ether oxygens (including phenoxy) is 3. The summed E-state index contributed by atoms with van der Waals surface area (Å²) in [6, 6.07) is 0. The van der Waals surface area contributed by atoms with Crippen LogP contribution in [0.1, 0.15) is 258 Å². The number of allylic oxidation sites excluding steroid dienone is 8. The predicted molar refractivity (Wildman–Crippen MR) is 256 cm³/mol. The molecule has 0 N–H and O–H groups in total. The number of esters is 3. The predicted octanol–water partition coefficient (Wildman–Crippen LogP) is 16.7. The molecule has 0 radical (unpaired) electrons. The molecule has 0 aliphatic rings. The third-order valence-corrected chi connectivity index (χ3v) is 11.1. The minimum atomic E-state index is -0.781. The van der Waals surface area contributed by atoms with E-state index in [2.05, 4.69) is 69.4 Å². The lowest BCUT2D eigenvalue weighted by Crippen LogP contribution is -2.30. The summed E-state index contributed by atoms with van der Waals surface area (Å²) >= 11 is 0. The van der Waals surface area contributed by atoms with Crippen LogP contribution in [-0.4, -0.2) is 37.2 Å². The van der Waals surface area contributed by atoms with E-state index in [1.807, 2.05) is 0 Å². The standard InChI is InChI=1S/C54H96O6/c1-4-7-10-13-16-19-22-25-26-27-28-30-32-35-38-41-44-47-53(56)59-50-51(49-58-52(55)46-43-40-37-34-31-24-21-18-15-12-9-6-3)60-54(57)48-45-42-39-36-33-29-23-20-17-14-11-8-5-2/h16,18-19,21,25-26,28,30,51H,4-15,17,20,22-24,27,29,31-50H2,1-3H3/b19-16-,21-18-,26-25-,30-28-/t51-/m1/s1. The lowest BCUT2D eigenvalue weighted by atomic mass is 10.0. The van der Waals surface area contributed by atoms with E-state index in [9.17, 15) is 14.4 Å². The van der Waals surface area contributed by atoms with Gasteiger partial charge in [-0.15, -0.1) is 0 Å². The fraction of sp³-hybridized carbons (Fsp3) is 0.796. The molecule has 0 saturated heterocycles. The molecule has 0 spiro atoms. The van der Waals surface area contributed by atoms with Crippen molar-refractivity contribution in [3.63, 3.8) is 0 Å². The Bertz CT molecular complexity index is 1060. The molecule has 0 aliphatic carbocycles. The Hall–Kier alpha value is -2.63. The Morgan fingerprint density at radius 1 is 0.333 bits per heavy atom. The van der Waals surface area contributed by atoms with Crippen LogP contribution in [0.2, 0.25) is 0 Å². The summed E-state index contributed by atoms with van der Waals surface area (Å²) in [6.45, 7) is 6.57. The van der Waals surface area contributed by atoms with Crippen molar-refractivity contribution < 1.29 is 28.6 Å². The van der Waals surface area contributed by atoms with E-state index in [0.717, 1.165) is 89.9 Å². The average molecular weight is 841 g/mol. The Labute approximate surface area is 371 Å². The lowest BCUT2D eigenvalue weighted by Gasteiger charge is -2.18. The van der Waals surface area contributed by atoms with E-state index >= 15 is 0 Å². The minimum absolute atomic E-state index is 0.0828. The SMILES string of the molecule is CCCCC/C=C\C/C=C\C/C=C\CCCCCCC(=O)OC[C@@H](COC(=O)CCCCCCC/C=C\CCCCC)OC(=O)CCCCCCCCCCCCCCC. The number of hydrogen-bond donors (Lipinski definition) is 0. The number of carbonyl (C=O) groups excluding carboxylic acids is 3. The van der Waals surface area contributed by atoms with E-state index in [-0.39, 0.29) is 31.1 Å². The van der Waals surface area contributed by atoms with Crippen LogP contribution in [0.4, 0.5) is 0 Å². The molecule has 0 saturated carbocycles. The van der Waals surface area contributed by atoms with Gasteiger partial charge in [-0.25, -0.2) is 0 Å². The molecule has 0 aliphatic heterocycles. The highest BCUT2D eigenvalue weighted by molar-refractivity contribution is 5.71. The van der Waals surface area contributed by atoms with Gasteiger partial charge in [-0.3, -0.25) is 14.4 Å². The largest absolute Gasteiger partial charge is 0.462 e. The van der Waals surface area contributed by atoms with Crippen LogP contribution < -0.4 is 0 Å². The van der Waals surface area contributed by atoms with Gasteiger partial charge in [0.05, 0.1) is 0 Å². The van der Waals surface area contributed by atoms with Crippen molar-refractivity contribution >= 4 is 17.9 Å². The van der Waals surface area contributed by atoms with E-state index < -0.39 is 6.10 Å². The van der Waals surface area contributed by atoms with E-state index in [4.69, 9.17) is 14.2 Å². The second-order valence-electron chi connectivity index (χ2n) is 17.1. The zero-order valence-corrected chi connectivity index (χ0v) is 39.7. The first-order valence-electron chi connectivity index (χ1n) is 25.6. The van der Waals surface area contributed by atoms with Crippen molar-refractivity contribution in [2.75, 3.05) is 13.2 Å². The number of unbranched alkanes of at least 4 members (excludes halogenated alkanes) is 27. The Kier molecular flexibility index (Phi) is 46.9. The molecule has 0 bridgehead atoms. The summed E-state index contributed by atoms with van der Waals surface area (Å²) in [4.78, 5) is 37.9. The molecule has 6 heteroatoms. The molecule has 0 aromatic heterocycles. The van der Waals surface area contributed by atoms with Gasteiger partial charge < -0.3 is 14.2 Å². The highest BCUT2D eigenvalue weighted by Gasteiger charge is 2.19. The van der Waals surface area contributed by atoms with Gasteiger partial charge in [-0.05, 0) is 83.5 Å². The van der Waals surface area contributed by atoms with Crippen LogP contribution in [-0.2, 0) is 28.6 Å². The monoisotopic (exact) mass is 841 g/mol. The molecule has 0 amide bonds. The molecule has 6 nitrogen and oxygen atoms in total. The molecule has 0 aromatic rings. The molecule has 0 rings (SSSR count). The van der Waals surface area contributed by atoms with Gasteiger partial charge in [-0.2, -0.15) is 0 Å². The average Bonchev–Trinajstić information content (AvgIpc) is 3.24. The summed E-state index contributed by atoms with van der Waals surface area (Å²) in [6.07, 6.45) is 58.0. The van der Waals surface area contributed by atoms with E-state index in [0.29, 0.717) is 19.3 Å². The van der Waals surface area contributed by atoms with Crippen LogP contribution in [0.3, 0.4) is 0 Å². The molecule has 0 fully saturated rings. The summed E-state index contributed by atoms with van der Waals surface area (Å²) in [5.41, 5.74) is 0. The zero-order valence-electron chi connectivity index (χ0n) is 39.7. The molecule has 0 aromatic carbocycles. The smallest absolute Gasteiger partial charge is 0.306 e. The lowest BCUT2D eigenvalue weighted by molar-refractivity contribution is -0.167. The second-order valence-corrected chi connectivity index (χ2v) is 17.1. The number of rotatable bonds is 46. The fourth-order valence-corrected chi connectivity index (χ4v) is 7.15. The number of hydrogen-bond acceptors (Lipinski definition) is 6. The van der Waals surface area contributed by atoms with Crippen molar-refractivity contribution in [1.82, 2.24) is 0 Å². The van der Waals surface area contributed by atoms with Gasteiger partial charge in [0.1, 0.15) is 13.2 Å². The first-order valence-corrected chi connectivity index (χ1v) is 25.6. The Morgan fingerprint density at radius 3 is 0.983 bits per heavy atom. The first kappa shape index (κ1) is 57.4. The van der Waals surface area contributed by atoms with Crippen LogP contribution in [0.15, 0.2) is 48.6 Å². The first-order chi connectivity index (χ1) is 29.5. The third-order valence-electron chi connectivity index (χ3n) is 11.1. The van der Waals surface area contributed by atoms with Crippen molar-refractivity contribution in [2.45, 2.75) is 264 Å². The molecule has 1 atom stereocenters. The summed E-state index contributed by atoms with van der Waals surface area (Å²) < 4.78 is 16.8. The van der Waals surface area contributed by atoms with E-state index in [1.54, 1.807) is 0 Å². The van der Waals surface area contributed by atoms with Crippen molar-refractivity contribution in [1.29, 1.82) is 0 Å². The van der Waals surface area contributed by atoms with Gasteiger partial charge in [0.2, 0.25) is 0 Å². The van der Waals surface area contributed by atoms with Crippen LogP contribution >= 0.6 is 0 Å². The van der Waals surface area contributed by atoms with Crippen LogP contribution in [0, 0.1) is 0 Å². The molecule has 0 heterocycles. The summed E-state index contributed by atoms with van der Waals surface area (Å²) in [5, 5.41) is 0. The highest BCUT2D eigenvalue weighted by atomic mass is 16.6. The van der Waals surface area contributed by atoms with Crippen molar-refractivity contribution in [3.05, 3.63) is 48.6 Å². The Morgan fingerprint density at radius 2 is 0.600 bits per heavy atom. The van der Waals surface area contributed by atoms with Gasteiger partial charge in [0.15, 0.2) is 6.10 Å². The van der Waals surface area contributed by atoms with Crippen molar-refractivity contribution in [3.8, 4) is 0 Å².